The molecule has 1 aliphatic heterocycles. The van der Waals surface area contributed by atoms with Crippen molar-refractivity contribution in [1.29, 1.82) is 5.26 Å². The number of para-hydroxylation sites is 2. The van der Waals surface area contributed by atoms with E-state index in [1.807, 2.05) is 23.1 Å². The van der Waals surface area contributed by atoms with Gasteiger partial charge < -0.3 is 9.80 Å². The molecule has 2 aromatic rings. The van der Waals surface area contributed by atoms with Crippen LogP contribution in [0.15, 0.2) is 42.6 Å². The maximum atomic E-state index is 11.1. The molecule has 0 radical (unpaired) electrons. The van der Waals surface area contributed by atoms with Crippen LogP contribution in [0.5, 0.6) is 0 Å². The smallest absolute Gasteiger partial charge is 0.292 e. The Labute approximate surface area is 133 Å². The lowest BCUT2D eigenvalue weighted by Gasteiger charge is -2.36. The normalized spacial score (nSPS) is 14.4. The predicted octanol–water partition coefficient (Wildman–Crippen LogP) is 2.19. The van der Waals surface area contributed by atoms with Crippen LogP contribution in [0.4, 0.5) is 17.2 Å². The van der Waals surface area contributed by atoms with Gasteiger partial charge in [0.05, 0.1) is 10.5 Å². The topological polar surface area (TPSA) is 86.3 Å². The van der Waals surface area contributed by atoms with Gasteiger partial charge in [0.2, 0.25) is 0 Å². The highest BCUT2D eigenvalue weighted by Gasteiger charge is 2.23. The summed E-state index contributed by atoms with van der Waals surface area (Å²) >= 11 is 0. The van der Waals surface area contributed by atoms with Crippen LogP contribution in [0.3, 0.4) is 0 Å². The number of nitro benzene ring substituents is 1. The van der Waals surface area contributed by atoms with Crippen molar-refractivity contribution in [3.63, 3.8) is 0 Å². The molecule has 1 aliphatic rings. The van der Waals surface area contributed by atoms with Gasteiger partial charge >= 0.3 is 0 Å². The second-order valence-corrected chi connectivity index (χ2v) is 5.24. The monoisotopic (exact) mass is 309 g/mol. The van der Waals surface area contributed by atoms with Gasteiger partial charge in [-0.05, 0) is 18.2 Å². The first-order chi connectivity index (χ1) is 11.2. The molecule has 3 rings (SSSR count). The third kappa shape index (κ3) is 3.06. The first-order valence-electron chi connectivity index (χ1n) is 7.28. The van der Waals surface area contributed by atoms with Crippen molar-refractivity contribution in [3.05, 3.63) is 58.3 Å². The Hall–Kier alpha value is -3.14. The third-order valence-corrected chi connectivity index (χ3v) is 3.90. The maximum Gasteiger partial charge on any atom is 0.292 e. The summed E-state index contributed by atoms with van der Waals surface area (Å²) < 4.78 is 0. The van der Waals surface area contributed by atoms with Crippen molar-refractivity contribution < 1.29 is 4.92 Å². The molecule has 0 amide bonds. The highest BCUT2D eigenvalue weighted by Crippen LogP contribution is 2.28. The lowest BCUT2D eigenvalue weighted by Crippen LogP contribution is -2.47. The van der Waals surface area contributed by atoms with Gasteiger partial charge in [0, 0.05) is 38.4 Å². The van der Waals surface area contributed by atoms with Gasteiger partial charge in [-0.3, -0.25) is 10.1 Å². The molecule has 1 aromatic heterocycles. The van der Waals surface area contributed by atoms with Crippen LogP contribution in [0, 0.1) is 21.4 Å². The molecule has 0 unspecified atom stereocenters. The van der Waals surface area contributed by atoms with Crippen LogP contribution >= 0.6 is 0 Å². The van der Waals surface area contributed by atoms with E-state index in [9.17, 15) is 10.1 Å². The van der Waals surface area contributed by atoms with Crippen molar-refractivity contribution in [3.8, 4) is 6.07 Å². The molecule has 1 fully saturated rings. The molecule has 0 atom stereocenters. The Morgan fingerprint density at radius 3 is 2.39 bits per heavy atom. The zero-order valence-corrected chi connectivity index (χ0v) is 12.4. The maximum absolute atomic E-state index is 11.1. The minimum atomic E-state index is -0.343. The molecule has 116 valence electrons. The van der Waals surface area contributed by atoms with E-state index in [4.69, 9.17) is 5.26 Å². The van der Waals surface area contributed by atoms with Gasteiger partial charge in [-0.15, -0.1) is 0 Å². The molecule has 7 nitrogen and oxygen atoms in total. The second-order valence-electron chi connectivity index (χ2n) is 5.24. The molecule has 0 aliphatic carbocycles. The summed E-state index contributed by atoms with van der Waals surface area (Å²) in [5.74, 6) is 0.825. The fourth-order valence-corrected chi connectivity index (χ4v) is 2.70. The zero-order valence-electron chi connectivity index (χ0n) is 12.4. The second kappa shape index (κ2) is 6.32. The Bertz CT molecular complexity index is 746. The van der Waals surface area contributed by atoms with E-state index in [1.54, 1.807) is 24.4 Å². The predicted molar refractivity (Wildman–Crippen MR) is 86.5 cm³/mol. The molecular weight excluding hydrogens is 294 g/mol. The molecule has 7 heteroatoms. The van der Waals surface area contributed by atoms with Crippen LogP contribution in [-0.2, 0) is 0 Å². The minimum Gasteiger partial charge on any atom is -0.362 e. The zero-order chi connectivity index (χ0) is 16.2. The number of nitriles is 1. The van der Waals surface area contributed by atoms with Crippen molar-refractivity contribution in [2.24, 2.45) is 0 Å². The number of benzene rings is 1. The molecule has 0 N–H and O–H groups in total. The van der Waals surface area contributed by atoms with Gasteiger partial charge in [-0.25, -0.2) is 4.98 Å². The Balaban J connectivity index is 1.71. The average molecular weight is 309 g/mol. The number of anilines is 2. The van der Waals surface area contributed by atoms with E-state index in [2.05, 4.69) is 9.88 Å². The Morgan fingerprint density at radius 2 is 1.78 bits per heavy atom. The molecule has 0 bridgehead atoms. The van der Waals surface area contributed by atoms with Crippen LogP contribution in [-0.4, -0.2) is 36.1 Å². The van der Waals surface area contributed by atoms with Crippen molar-refractivity contribution in [2.75, 3.05) is 36.0 Å². The van der Waals surface area contributed by atoms with E-state index in [1.165, 1.54) is 6.07 Å². The number of rotatable bonds is 3. The Morgan fingerprint density at radius 1 is 1.09 bits per heavy atom. The molecule has 2 heterocycles. The molecule has 0 saturated carbocycles. The summed E-state index contributed by atoms with van der Waals surface area (Å²) in [6, 6.07) is 12.4. The molecule has 1 aromatic carbocycles. The van der Waals surface area contributed by atoms with Gasteiger partial charge in [0.1, 0.15) is 17.6 Å². The highest BCUT2D eigenvalue weighted by molar-refractivity contribution is 5.63. The number of hydrogen-bond donors (Lipinski definition) is 0. The number of nitrogens with zero attached hydrogens (tertiary/aromatic N) is 5. The van der Waals surface area contributed by atoms with E-state index in [0.29, 0.717) is 24.3 Å². The van der Waals surface area contributed by atoms with Crippen molar-refractivity contribution in [2.45, 2.75) is 0 Å². The van der Waals surface area contributed by atoms with Gasteiger partial charge in [0.25, 0.3) is 5.69 Å². The lowest BCUT2D eigenvalue weighted by atomic mass is 10.2. The van der Waals surface area contributed by atoms with E-state index in [0.717, 1.165) is 18.9 Å². The highest BCUT2D eigenvalue weighted by atomic mass is 16.6. The molecular formula is C16H15N5O2. The van der Waals surface area contributed by atoms with Crippen molar-refractivity contribution in [1.82, 2.24) is 4.98 Å². The van der Waals surface area contributed by atoms with Gasteiger partial charge in [0.15, 0.2) is 0 Å². The number of hydrogen-bond acceptors (Lipinski definition) is 6. The summed E-state index contributed by atoms with van der Waals surface area (Å²) in [4.78, 5) is 19.2. The minimum absolute atomic E-state index is 0.137. The number of nitro groups is 1. The number of aromatic nitrogens is 1. The van der Waals surface area contributed by atoms with Crippen LogP contribution in [0.1, 0.15) is 5.56 Å². The molecule has 0 spiro atoms. The van der Waals surface area contributed by atoms with E-state index in [-0.39, 0.29) is 10.6 Å². The van der Waals surface area contributed by atoms with E-state index < -0.39 is 0 Å². The van der Waals surface area contributed by atoms with Crippen molar-refractivity contribution >= 4 is 17.2 Å². The van der Waals surface area contributed by atoms with E-state index >= 15 is 0 Å². The third-order valence-electron chi connectivity index (χ3n) is 3.90. The van der Waals surface area contributed by atoms with Crippen LogP contribution in [0.25, 0.3) is 0 Å². The van der Waals surface area contributed by atoms with Gasteiger partial charge in [-0.2, -0.15) is 5.26 Å². The summed E-state index contributed by atoms with van der Waals surface area (Å²) in [5.41, 5.74) is 1.33. The van der Waals surface area contributed by atoms with Gasteiger partial charge in [-0.1, -0.05) is 12.1 Å². The number of piperazine rings is 1. The summed E-state index contributed by atoms with van der Waals surface area (Å²) in [7, 11) is 0. The average Bonchev–Trinajstić information content (AvgIpc) is 2.62. The summed E-state index contributed by atoms with van der Waals surface area (Å²) in [6.07, 6.45) is 1.56. The molecule has 1 saturated heterocycles. The fourth-order valence-electron chi connectivity index (χ4n) is 2.70. The number of pyridine rings is 1. The Kier molecular flexibility index (Phi) is 4.06. The largest absolute Gasteiger partial charge is 0.362 e. The first kappa shape index (κ1) is 14.8. The SMILES string of the molecule is N#Cc1ccc(N2CCN(c3ccccc3[N+](=O)[O-])CC2)nc1. The first-order valence-corrected chi connectivity index (χ1v) is 7.28. The quantitative estimate of drug-likeness (QED) is 0.638. The standard InChI is InChI=1S/C16H15N5O2/c17-11-13-5-6-16(18-12-13)20-9-7-19(8-10-20)14-3-1-2-4-15(14)21(22)23/h1-6,12H,7-10H2. The summed E-state index contributed by atoms with van der Waals surface area (Å²) in [5, 5.41) is 19.9. The lowest BCUT2D eigenvalue weighted by molar-refractivity contribution is -0.384. The van der Waals surface area contributed by atoms with Crippen LogP contribution in [0.2, 0.25) is 0 Å². The fraction of sp³-hybridized carbons (Fsp3) is 0.250. The molecule has 23 heavy (non-hydrogen) atoms. The summed E-state index contributed by atoms with van der Waals surface area (Å²) in [6.45, 7) is 2.83. The van der Waals surface area contributed by atoms with Crippen LogP contribution < -0.4 is 9.80 Å².